The van der Waals surface area contributed by atoms with E-state index in [0.717, 1.165) is 12.1 Å². The van der Waals surface area contributed by atoms with Crippen molar-refractivity contribution >= 4 is 11.3 Å². The van der Waals surface area contributed by atoms with E-state index in [-0.39, 0.29) is 0 Å². The number of fused-ring (bicyclic) bond motifs is 1. The van der Waals surface area contributed by atoms with Gasteiger partial charge in [0.05, 0.1) is 0 Å². The minimum atomic E-state index is 0.889. The maximum absolute atomic E-state index is 5.76. The van der Waals surface area contributed by atoms with E-state index in [1.807, 2.05) is 6.07 Å². The average Bonchev–Trinajstić information content (AvgIpc) is 2.57. The molecule has 1 nitrogen and oxygen atoms in total. The van der Waals surface area contributed by atoms with Gasteiger partial charge < -0.3 is 5.73 Å². The summed E-state index contributed by atoms with van der Waals surface area (Å²) in [5.41, 5.74) is 11.0. The summed E-state index contributed by atoms with van der Waals surface area (Å²) in [6.45, 7) is 2.22. The fraction of sp³-hybridized carbons (Fsp3) is 0.385. The van der Waals surface area contributed by atoms with Gasteiger partial charge in [0.2, 0.25) is 0 Å². The number of unbranched alkanes of at least 4 members (excludes halogenated alkanes) is 1. The summed E-state index contributed by atoms with van der Waals surface area (Å²) in [6.07, 6.45) is 7.16. The number of benzene rings is 1. The quantitative estimate of drug-likeness (QED) is 0.705. The van der Waals surface area contributed by atoms with Gasteiger partial charge in [-0.3, -0.25) is 0 Å². The third-order valence-electron chi connectivity index (χ3n) is 2.82. The van der Waals surface area contributed by atoms with Crippen molar-refractivity contribution in [1.29, 1.82) is 0 Å². The Morgan fingerprint density at radius 2 is 2.21 bits per heavy atom. The molecule has 1 aliphatic rings. The molecule has 14 heavy (non-hydrogen) atoms. The van der Waals surface area contributed by atoms with Gasteiger partial charge in [-0.05, 0) is 48.1 Å². The van der Waals surface area contributed by atoms with Crippen LogP contribution in [0.2, 0.25) is 0 Å². The molecule has 2 N–H and O–H groups in total. The molecule has 0 spiro atoms. The summed E-state index contributed by atoms with van der Waals surface area (Å²) < 4.78 is 0. The molecule has 0 aromatic heterocycles. The van der Waals surface area contributed by atoms with Crippen LogP contribution in [0.25, 0.3) is 5.57 Å². The van der Waals surface area contributed by atoms with Crippen molar-refractivity contribution in [3.05, 3.63) is 35.4 Å². The highest BCUT2D eigenvalue weighted by Gasteiger charge is 2.15. The first-order valence-electron chi connectivity index (χ1n) is 5.39. The molecular formula is C13H17N. The third-order valence-corrected chi connectivity index (χ3v) is 2.82. The van der Waals surface area contributed by atoms with Crippen LogP contribution in [0.4, 0.5) is 5.69 Å². The number of anilines is 1. The normalized spacial score (nSPS) is 17.4. The molecule has 1 aliphatic carbocycles. The lowest BCUT2D eigenvalue weighted by Gasteiger charge is -2.01. The summed E-state index contributed by atoms with van der Waals surface area (Å²) >= 11 is 0. The van der Waals surface area contributed by atoms with Crippen molar-refractivity contribution in [2.24, 2.45) is 0 Å². The number of hydrogen-bond donors (Lipinski definition) is 1. The van der Waals surface area contributed by atoms with Gasteiger partial charge >= 0.3 is 0 Å². The molecule has 0 saturated heterocycles. The van der Waals surface area contributed by atoms with Gasteiger partial charge in [0.1, 0.15) is 0 Å². The SMILES string of the molecule is CCCC=C1CCc2cc(N)ccc21. The lowest BCUT2D eigenvalue weighted by molar-refractivity contribution is 0.954. The molecule has 0 saturated carbocycles. The number of hydrogen-bond acceptors (Lipinski definition) is 1. The van der Waals surface area contributed by atoms with Gasteiger partial charge in [-0.15, -0.1) is 0 Å². The molecule has 1 aromatic carbocycles. The second-order valence-corrected chi connectivity index (χ2v) is 3.93. The topological polar surface area (TPSA) is 26.0 Å². The van der Waals surface area contributed by atoms with Gasteiger partial charge in [-0.2, -0.15) is 0 Å². The van der Waals surface area contributed by atoms with Crippen LogP contribution in [0, 0.1) is 0 Å². The average molecular weight is 187 g/mol. The largest absolute Gasteiger partial charge is 0.399 e. The van der Waals surface area contributed by atoms with E-state index in [0.29, 0.717) is 0 Å². The van der Waals surface area contributed by atoms with Crippen molar-refractivity contribution in [3.63, 3.8) is 0 Å². The van der Waals surface area contributed by atoms with Crippen LogP contribution < -0.4 is 5.73 Å². The molecule has 0 unspecified atom stereocenters. The molecule has 0 aliphatic heterocycles. The molecule has 74 valence electrons. The number of nitrogen functional groups attached to an aromatic ring is 1. The molecule has 1 aromatic rings. The second kappa shape index (κ2) is 3.87. The zero-order chi connectivity index (χ0) is 9.97. The Morgan fingerprint density at radius 3 is 3.00 bits per heavy atom. The lowest BCUT2D eigenvalue weighted by Crippen LogP contribution is -1.87. The highest BCUT2D eigenvalue weighted by atomic mass is 14.5. The molecule has 0 bridgehead atoms. The molecule has 0 amide bonds. The first kappa shape index (κ1) is 9.32. The van der Waals surface area contributed by atoms with Gasteiger partial charge in [-0.25, -0.2) is 0 Å². The number of aryl methyl sites for hydroxylation is 1. The van der Waals surface area contributed by atoms with Crippen LogP contribution in [0.3, 0.4) is 0 Å². The van der Waals surface area contributed by atoms with E-state index < -0.39 is 0 Å². The Morgan fingerprint density at radius 1 is 1.36 bits per heavy atom. The fourth-order valence-corrected chi connectivity index (χ4v) is 2.07. The standard InChI is InChI=1S/C13H17N/c1-2-3-4-10-5-6-11-9-12(14)7-8-13(10)11/h4,7-9H,2-3,5-6,14H2,1H3. The number of rotatable bonds is 2. The van der Waals surface area contributed by atoms with Gasteiger partial charge in [0, 0.05) is 5.69 Å². The maximum atomic E-state index is 5.76. The fourth-order valence-electron chi connectivity index (χ4n) is 2.07. The predicted octanol–water partition coefficient (Wildman–Crippen LogP) is 3.40. The molecular weight excluding hydrogens is 170 g/mol. The van der Waals surface area contributed by atoms with Crippen molar-refractivity contribution in [2.45, 2.75) is 32.6 Å². The zero-order valence-electron chi connectivity index (χ0n) is 8.72. The molecule has 1 heteroatoms. The van der Waals surface area contributed by atoms with Crippen molar-refractivity contribution < 1.29 is 0 Å². The molecule has 2 rings (SSSR count). The first-order chi connectivity index (χ1) is 6.81. The first-order valence-corrected chi connectivity index (χ1v) is 5.39. The van der Waals surface area contributed by atoms with Crippen LogP contribution in [-0.2, 0) is 6.42 Å². The zero-order valence-corrected chi connectivity index (χ0v) is 8.72. The summed E-state index contributed by atoms with van der Waals surface area (Å²) in [7, 11) is 0. The highest BCUT2D eigenvalue weighted by molar-refractivity contribution is 5.74. The smallest absolute Gasteiger partial charge is 0.0317 e. The summed E-state index contributed by atoms with van der Waals surface area (Å²) in [6, 6.07) is 6.28. The Kier molecular flexibility index (Phi) is 2.58. The van der Waals surface area contributed by atoms with Crippen LogP contribution in [0.5, 0.6) is 0 Å². The summed E-state index contributed by atoms with van der Waals surface area (Å²) in [5, 5.41) is 0. The Labute approximate surface area is 85.6 Å². The van der Waals surface area contributed by atoms with Crippen molar-refractivity contribution in [2.75, 3.05) is 5.73 Å². The minimum absolute atomic E-state index is 0.889. The van der Waals surface area contributed by atoms with E-state index in [1.54, 1.807) is 0 Å². The molecule has 0 atom stereocenters. The molecule has 0 heterocycles. The Bertz CT molecular complexity index is 363. The van der Waals surface area contributed by atoms with E-state index in [9.17, 15) is 0 Å². The van der Waals surface area contributed by atoms with Gasteiger partial charge in [0.25, 0.3) is 0 Å². The van der Waals surface area contributed by atoms with Gasteiger partial charge in [0.15, 0.2) is 0 Å². The monoisotopic (exact) mass is 187 g/mol. The highest BCUT2D eigenvalue weighted by Crippen LogP contribution is 2.33. The third kappa shape index (κ3) is 1.67. The maximum Gasteiger partial charge on any atom is 0.0317 e. The Balaban J connectivity index is 2.31. The Hall–Kier alpha value is -1.24. The number of allylic oxidation sites excluding steroid dienone is 2. The van der Waals surface area contributed by atoms with Crippen LogP contribution in [-0.4, -0.2) is 0 Å². The summed E-state index contributed by atoms with van der Waals surface area (Å²) in [4.78, 5) is 0. The number of nitrogens with two attached hydrogens (primary N) is 1. The molecule has 0 radical (unpaired) electrons. The summed E-state index contributed by atoms with van der Waals surface area (Å²) in [5.74, 6) is 0. The van der Waals surface area contributed by atoms with Crippen molar-refractivity contribution in [3.8, 4) is 0 Å². The van der Waals surface area contributed by atoms with Crippen molar-refractivity contribution in [1.82, 2.24) is 0 Å². The predicted molar refractivity (Wildman–Crippen MR) is 62.1 cm³/mol. The van der Waals surface area contributed by atoms with E-state index in [1.165, 1.54) is 36.0 Å². The lowest BCUT2D eigenvalue weighted by atomic mass is 10.1. The van der Waals surface area contributed by atoms with E-state index in [2.05, 4.69) is 25.1 Å². The minimum Gasteiger partial charge on any atom is -0.399 e. The second-order valence-electron chi connectivity index (χ2n) is 3.93. The molecule has 0 fully saturated rings. The van der Waals surface area contributed by atoms with E-state index >= 15 is 0 Å². The van der Waals surface area contributed by atoms with Crippen LogP contribution >= 0.6 is 0 Å². The van der Waals surface area contributed by atoms with Crippen LogP contribution in [0.15, 0.2) is 24.3 Å². The van der Waals surface area contributed by atoms with E-state index in [4.69, 9.17) is 5.73 Å². The van der Waals surface area contributed by atoms with Gasteiger partial charge in [-0.1, -0.05) is 25.5 Å². The van der Waals surface area contributed by atoms with Crippen LogP contribution in [0.1, 0.15) is 37.3 Å².